The van der Waals surface area contributed by atoms with E-state index in [1.807, 2.05) is 0 Å². The molecule has 0 bridgehead atoms. The maximum Gasteiger partial charge on any atom is 0.102 e. The summed E-state index contributed by atoms with van der Waals surface area (Å²) in [4.78, 5) is 4.82. The maximum atomic E-state index is 8.71. The van der Waals surface area contributed by atoms with Gasteiger partial charge in [0, 0.05) is 14.1 Å². The Hall–Kier alpha value is -0.160. The van der Waals surface area contributed by atoms with Crippen LogP contribution in [0.2, 0.25) is 0 Å². The normalized spacial score (nSPS) is 14.3. The van der Waals surface area contributed by atoms with Crippen molar-refractivity contribution in [3.8, 4) is 0 Å². The lowest BCUT2D eigenvalue weighted by atomic mass is 10.4. The van der Waals surface area contributed by atoms with E-state index in [-0.39, 0.29) is 13.2 Å². The highest BCUT2D eigenvalue weighted by atomic mass is 16.7. The number of aliphatic hydroxyl groups excluding tert-OH is 2. The largest absolute Gasteiger partial charge is 0.394 e. The van der Waals surface area contributed by atoms with Crippen LogP contribution in [-0.4, -0.2) is 48.7 Å². The van der Waals surface area contributed by atoms with E-state index in [1.165, 1.54) is 5.06 Å². The topological polar surface area (TPSA) is 52.9 Å². The van der Waals surface area contributed by atoms with Gasteiger partial charge in [0.15, 0.2) is 0 Å². The summed E-state index contributed by atoms with van der Waals surface area (Å²) >= 11 is 0. The van der Waals surface area contributed by atoms with Gasteiger partial charge in [0.05, 0.1) is 13.2 Å². The lowest BCUT2D eigenvalue weighted by Gasteiger charge is -2.12. The lowest BCUT2D eigenvalue weighted by molar-refractivity contribution is -0.149. The van der Waals surface area contributed by atoms with Gasteiger partial charge in [-0.25, -0.2) is 0 Å². The molecule has 0 amide bonds. The van der Waals surface area contributed by atoms with E-state index in [9.17, 15) is 0 Å². The van der Waals surface area contributed by atoms with Crippen LogP contribution in [0.15, 0.2) is 0 Å². The van der Waals surface area contributed by atoms with E-state index in [2.05, 4.69) is 0 Å². The molecule has 0 aliphatic rings. The highest BCUT2D eigenvalue weighted by Crippen LogP contribution is 1.84. The first-order valence-corrected chi connectivity index (χ1v) is 2.76. The van der Waals surface area contributed by atoms with Gasteiger partial charge < -0.3 is 10.2 Å². The molecule has 0 aliphatic heterocycles. The van der Waals surface area contributed by atoms with Gasteiger partial charge in [-0.1, -0.05) is 0 Å². The van der Waals surface area contributed by atoms with Crippen molar-refractivity contribution in [1.29, 1.82) is 0 Å². The van der Waals surface area contributed by atoms with Crippen molar-refractivity contribution in [2.24, 2.45) is 0 Å². The molecule has 0 saturated heterocycles. The smallest absolute Gasteiger partial charge is 0.102 e. The summed E-state index contributed by atoms with van der Waals surface area (Å²) in [6.45, 7) is -0.114. The third-order valence-electron chi connectivity index (χ3n) is 0.736. The second-order valence-electron chi connectivity index (χ2n) is 1.94. The molecular weight excluding hydrogens is 122 g/mol. The molecule has 2 N–H and O–H groups in total. The van der Waals surface area contributed by atoms with E-state index in [4.69, 9.17) is 15.1 Å². The van der Waals surface area contributed by atoms with Gasteiger partial charge in [0.25, 0.3) is 0 Å². The van der Waals surface area contributed by atoms with Crippen LogP contribution < -0.4 is 0 Å². The molecule has 4 nitrogen and oxygen atoms in total. The molecule has 0 fully saturated rings. The predicted molar refractivity (Wildman–Crippen MR) is 32.7 cm³/mol. The number of hydrogen-bond donors (Lipinski definition) is 2. The molecule has 0 aromatic carbocycles. The van der Waals surface area contributed by atoms with Crippen LogP contribution in [0, 0.1) is 0 Å². The van der Waals surface area contributed by atoms with Crippen LogP contribution in [0.1, 0.15) is 0 Å². The Kier molecular flexibility index (Phi) is 4.61. The fourth-order valence-corrected chi connectivity index (χ4v) is 0.288. The summed E-state index contributed by atoms with van der Waals surface area (Å²) in [5.74, 6) is 0. The third kappa shape index (κ3) is 5.72. The first-order chi connectivity index (χ1) is 4.16. The van der Waals surface area contributed by atoms with Crippen LogP contribution in [0.25, 0.3) is 0 Å². The van der Waals surface area contributed by atoms with Gasteiger partial charge in [-0.2, -0.15) is 5.06 Å². The van der Waals surface area contributed by atoms with Gasteiger partial charge in [0.1, 0.15) is 6.10 Å². The Morgan fingerprint density at radius 3 is 2.44 bits per heavy atom. The molecule has 0 spiro atoms. The molecule has 56 valence electrons. The molecule has 0 aromatic heterocycles. The van der Waals surface area contributed by atoms with E-state index in [0.29, 0.717) is 0 Å². The fourth-order valence-electron chi connectivity index (χ4n) is 0.288. The standard InChI is InChI=1S/C5H13NO3/c1-6(2)9-4-5(8)3-7/h5,7-8H,3-4H2,1-2H3. The minimum Gasteiger partial charge on any atom is -0.394 e. The Morgan fingerprint density at radius 2 is 2.11 bits per heavy atom. The number of hydrogen-bond acceptors (Lipinski definition) is 4. The lowest BCUT2D eigenvalue weighted by Crippen LogP contribution is -2.24. The number of rotatable bonds is 4. The van der Waals surface area contributed by atoms with Crippen LogP contribution >= 0.6 is 0 Å². The van der Waals surface area contributed by atoms with Crippen LogP contribution in [-0.2, 0) is 4.84 Å². The minimum atomic E-state index is -0.771. The van der Waals surface area contributed by atoms with E-state index in [1.54, 1.807) is 14.1 Å². The molecule has 1 unspecified atom stereocenters. The van der Waals surface area contributed by atoms with Gasteiger partial charge in [-0.15, -0.1) is 0 Å². The molecule has 4 heteroatoms. The van der Waals surface area contributed by atoms with E-state index in [0.717, 1.165) is 0 Å². The van der Waals surface area contributed by atoms with Crippen LogP contribution in [0.4, 0.5) is 0 Å². The zero-order valence-electron chi connectivity index (χ0n) is 5.74. The molecule has 0 aromatic rings. The Balaban J connectivity index is 3.06. The predicted octanol–water partition coefficient (Wildman–Crippen LogP) is -1.17. The van der Waals surface area contributed by atoms with Crippen LogP contribution in [0.5, 0.6) is 0 Å². The van der Waals surface area contributed by atoms with Crippen molar-refractivity contribution >= 4 is 0 Å². The minimum absolute atomic E-state index is 0.142. The fraction of sp³-hybridized carbons (Fsp3) is 1.00. The first-order valence-electron chi connectivity index (χ1n) is 2.76. The van der Waals surface area contributed by atoms with Crippen molar-refractivity contribution in [1.82, 2.24) is 5.06 Å². The Morgan fingerprint density at radius 1 is 1.56 bits per heavy atom. The van der Waals surface area contributed by atoms with Crippen molar-refractivity contribution in [3.05, 3.63) is 0 Å². The quantitative estimate of drug-likeness (QED) is 0.477. The summed E-state index contributed by atoms with van der Waals surface area (Å²) in [5, 5.41) is 18.5. The van der Waals surface area contributed by atoms with E-state index >= 15 is 0 Å². The van der Waals surface area contributed by atoms with Crippen molar-refractivity contribution in [2.75, 3.05) is 27.3 Å². The second kappa shape index (κ2) is 4.69. The molecule has 0 radical (unpaired) electrons. The maximum absolute atomic E-state index is 8.71. The van der Waals surface area contributed by atoms with Crippen molar-refractivity contribution < 1.29 is 15.1 Å². The summed E-state index contributed by atoms with van der Waals surface area (Å²) in [5.41, 5.74) is 0. The van der Waals surface area contributed by atoms with Gasteiger partial charge >= 0.3 is 0 Å². The summed E-state index contributed by atoms with van der Waals surface area (Å²) in [6, 6.07) is 0. The molecule has 0 rings (SSSR count). The Bertz CT molecular complexity index is 67.2. The zero-order chi connectivity index (χ0) is 7.28. The SMILES string of the molecule is CN(C)OCC(O)CO. The molecule has 0 saturated carbocycles. The van der Waals surface area contributed by atoms with Crippen LogP contribution in [0.3, 0.4) is 0 Å². The van der Waals surface area contributed by atoms with Gasteiger partial charge in [0.2, 0.25) is 0 Å². The Labute approximate surface area is 54.6 Å². The second-order valence-corrected chi connectivity index (χ2v) is 1.94. The average molecular weight is 135 g/mol. The van der Waals surface area contributed by atoms with E-state index < -0.39 is 6.10 Å². The van der Waals surface area contributed by atoms with Gasteiger partial charge in [-0.3, -0.25) is 4.84 Å². The molecule has 0 aliphatic carbocycles. The average Bonchev–Trinajstić information content (AvgIpc) is 1.83. The molecular formula is C5H13NO3. The van der Waals surface area contributed by atoms with Crippen molar-refractivity contribution in [3.63, 3.8) is 0 Å². The highest BCUT2D eigenvalue weighted by molar-refractivity contribution is 4.46. The number of aliphatic hydroxyl groups is 2. The van der Waals surface area contributed by atoms with Gasteiger partial charge in [-0.05, 0) is 0 Å². The highest BCUT2D eigenvalue weighted by Gasteiger charge is 2.01. The summed E-state index contributed by atoms with van der Waals surface area (Å²) in [6.07, 6.45) is -0.771. The molecule has 9 heavy (non-hydrogen) atoms. The monoisotopic (exact) mass is 135 g/mol. The first kappa shape index (κ1) is 8.84. The zero-order valence-corrected chi connectivity index (χ0v) is 5.74. The number of nitrogens with zero attached hydrogens (tertiary/aromatic N) is 1. The molecule has 1 atom stereocenters. The van der Waals surface area contributed by atoms with Crippen molar-refractivity contribution in [2.45, 2.75) is 6.10 Å². The summed E-state index contributed by atoms with van der Waals surface area (Å²) in [7, 11) is 3.42. The summed E-state index contributed by atoms with van der Waals surface area (Å²) < 4.78 is 0. The molecule has 0 heterocycles. The number of hydroxylamine groups is 2. The third-order valence-corrected chi connectivity index (χ3v) is 0.736.